The second-order valence-corrected chi connectivity index (χ2v) is 10.2. The monoisotopic (exact) mass is 480 g/mol. The molecule has 0 unspecified atom stereocenters. The molecule has 0 fully saturated rings. The highest BCUT2D eigenvalue weighted by molar-refractivity contribution is 5.78. The standard InChI is InChI=1S/C29H28N4O3/c1-18-14-19(2)16-22(15-18)33-27(34)23-8-6-7-9-24(23)32(28(33)35)17-25-30-26(31-36-25)20-10-12-21(13-11-20)29(3,4)5/h6-16H,17H2,1-5H3. The van der Waals surface area contributed by atoms with E-state index in [0.717, 1.165) is 16.7 Å². The molecule has 36 heavy (non-hydrogen) atoms. The van der Waals surface area contributed by atoms with Crippen LogP contribution in [0.15, 0.2) is 80.8 Å². The molecule has 2 heterocycles. The fourth-order valence-electron chi connectivity index (χ4n) is 4.47. The third-order valence-corrected chi connectivity index (χ3v) is 6.29. The van der Waals surface area contributed by atoms with Gasteiger partial charge < -0.3 is 4.52 Å². The normalized spacial score (nSPS) is 11.8. The molecule has 0 spiro atoms. The van der Waals surface area contributed by atoms with Gasteiger partial charge in [0.05, 0.1) is 16.6 Å². The Kier molecular flexibility index (Phi) is 5.71. The number of fused-ring (bicyclic) bond motifs is 1. The fourth-order valence-corrected chi connectivity index (χ4v) is 4.47. The van der Waals surface area contributed by atoms with Crippen molar-refractivity contribution in [3.05, 3.63) is 110 Å². The van der Waals surface area contributed by atoms with Crippen LogP contribution in [-0.2, 0) is 12.0 Å². The molecule has 0 aliphatic heterocycles. The molecule has 0 N–H and O–H groups in total. The molecule has 2 aromatic heterocycles. The van der Waals surface area contributed by atoms with Crippen molar-refractivity contribution in [2.24, 2.45) is 0 Å². The lowest BCUT2D eigenvalue weighted by Gasteiger charge is -2.18. The van der Waals surface area contributed by atoms with Crippen LogP contribution in [0.5, 0.6) is 0 Å². The minimum absolute atomic E-state index is 0.0392. The SMILES string of the molecule is Cc1cc(C)cc(-n2c(=O)c3ccccc3n(Cc3nc(-c4ccc(C(C)(C)C)cc4)no3)c2=O)c1. The van der Waals surface area contributed by atoms with Gasteiger partial charge in [0, 0.05) is 5.56 Å². The average molecular weight is 481 g/mol. The van der Waals surface area contributed by atoms with Gasteiger partial charge in [-0.1, -0.05) is 68.4 Å². The van der Waals surface area contributed by atoms with Gasteiger partial charge in [-0.2, -0.15) is 4.98 Å². The van der Waals surface area contributed by atoms with Crippen molar-refractivity contribution in [1.82, 2.24) is 19.3 Å². The summed E-state index contributed by atoms with van der Waals surface area (Å²) in [5, 5.41) is 4.57. The Morgan fingerprint density at radius 1 is 0.889 bits per heavy atom. The second kappa shape index (κ2) is 8.75. The lowest BCUT2D eigenvalue weighted by atomic mass is 9.87. The van der Waals surface area contributed by atoms with Crippen molar-refractivity contribution in [2.75, 3.05) is 0 Å². The Labute approximate surface area is 208 Å². The van der Waals surface area contributed by atoms with Gasteiger partial charge in [0.15, 0.2) is 0 Å². The van der Waals surface area contributed by atoms with E-state index in [-0.39, 0.29) is 23.4 Å². The topological polar surface area (TPSA) is 82.9 Å². The Balaban J connectivity index is 1.60. The molecule has 0 saturated carbocycles. The lowest BCUT2D eigenvalue weighted by Crippen LogP contribution is -2.39. The molecule has 5 aromatic rings. The molecule has 0 bridgehead atoms. The summed E-state index contributed by atoms with van der Waals surface area (Å²) in [7, 11) is 0. The molecule has 7 nitrogen and oxygen atoms in total. The predicted molar refractivity (Wildman–Crippen MR) is 141 cm³/mol. The number of rotatable bonds is 4. The number of aryl methyl sites for hydroxylation is 2. The first-order valence-corrected chi connectivity index (χ1v) is 11.9. The minimum atomic E-state index is -0.460. The molecule has 0 aliphatic rings. The quantitative estimate of drug-likeness (QED) is 0.355. The van der Waals surface area contributed by atoms with Gasteiger partial charge in [0.1, 0.15) is 6.54 Å². The van der Waals surface area contributed by atoms with Crippen LogP contribution in [0, 0.1) is 13.8 Å². The highest BCUT2D eigenvalue weighted by Crippen LogP contribution is 2.25. The molecular formula is C29H28N4O3. The van der Waals surface area contributed by atoms with Crippen molar-refractivity contribution in [3.8, 4) is 17.1 Å². The summed E-state index contributed by atoms with van der Waals surface area (Å²) in [6.45, 7) is 10.4. The lowest BCUT2D eigenvalue weighted by molar-refractivity contribution is 0.370. The van der Waals surface area contributed by atoms with Crippen LogP contribution in [0.4, 0.5) is 0 Å². The van der Waals surface area contributed by atoms with E-state index in [1.807, 2.05) is 44.2 Å². The smallest absolute Gasteiger partial charge is 0.336 e. The number of benzene rings is 3. The highest BCUT2D eigenvalue weighted by Gasteiger charge is 2.18. The summed E-state index contributed by atoms with van der Waals surface area (Å²) in [5.41, 5.74) is 4.25. The highest BCUT2D eigenvalue weighted by atomic mass is 16.5. The van der Waals surface area contributed by atoms with E-state index in [4.69, 9.17) is 4.52 Å². The third-order valence-electron chi connectivity index (χ3n) is 6.29. The first-order chi connectivity index (χ1) is 17.1. The molecular weight excluding hydrogens is 452 g/mol. The Hall–Kier alpha value is -4.26. The van der Waals surface area contributed by atoms with Gasteiger partial charge in [-0.3, -0.25) is 9.36 Å². The average Bonchev–Trinajstić information content (AvgIpc) is 3.29. The number of hydrogen-bond donors (Lipinski definition) is 0. The van der Waals surface area contributed by atoms with E-state index in [0.29, 0.717) is 22.4 Å². The molecule has 0 atom stereocenters. The maximum Gasteiger partial charge on any atom is 0.336 e. The van der Waals surface area contributed by atoms with Crippen molar-refractivity contribution in [1.29, 1.82) is 0 Å². The molecule has 3 aromatic carbocycles. The summed E-state index contributed by atoms with van der Waals surface area (Å²) in [6.07, 6.45) is 0. The van der Waals surface area contributed by atoms with Gasteiger partial charge in [0.2, 0.25) is 11.7 Å². The van der Waals surface area contributed by atoms with Gasteiger partial charge in [-0.25, -0.2) is 9.36 Å². The van der Waals surface area contributed by atoms with Gasteiger partial charge in [0.25, 0.3) is 5.56 Å². The molecule has 0 amide bonds. The van der Waals surface area contributed by atoms with Crippen LogP contribution < -0.4 is 11.2 Å². The molecule has 182 valence electrons. The van der Waals surface area contributed by atoms with Crippen LogP contribution >= 0.6 is 0 Å². The number of nitrogens with zero attached hydrogens (tertiary/aromatic N) is 4. The van der Waals surface area contributed by atoms with E-state index in [1.165, 1.54) is 14.7 Å². The number of para-hydroxylation sites is 1. The minimum Gasteiger partial charge on any atom is -0.337 e. The van der Waals surface area contributed by atoms with Crippen LogP contribution in [0.3, 0.4) is 0 Å². The molecule has 7 heteroatoms. The third kappa shape index (κ3) is 4.28. The molecule has 5 rings (SSSR count). The predicted octanol–water partition coefficient (Wildman–Crippen LogP) is 5.17. The Morgan fingerprint density at radius 2 is 1.56 bits per heavy atom. The van der Waals surface area contributed by atoms with Crippen LogP contribution in [-0.4, -0.2) is 19.3 Å². The first-order valence-electron chi connectivity index (χ1n) is 11.9. The molecule has 0 aliphatic carbocycles. The maximum atomic E-state index is 13.7. The van der Waals surface area contributed by atoms with E-state index < -0.39 is 5.69 Å². The summed E-state index contributed by atoms with van der Waals surface area (Å²) in [4.78, 5) is 31.6. The van der Waals surface area contributed by atoms with Gasteiger partial charge in [-0.05, 0) is 60.2 Å². The van der Waals surface area contributed by atoms with Crippen LogP contribution in [0.25, 0.3) is 28.0 Å². The van der Waals surface area contributed by atoms with Gasteiger partial charge in [-0.15, -0.1) is 0 Å². The Morgan fingerprint density at radius 3 is 2.22 bits per heavy atom. The van der Waals surface area contributed by atoms with Crippen molar-refractivity contribution >= 4 is 10.9 Å². The largest absolute Gasteiger partial charge is 0.337 e. The maximum absolute atomic E-state index is 13.7. The second-order valence-electron chi connectivity index (χ2n) is 10.2. The Bertz CT molecular complexity index is 1680. The van der Waals surface area contributed by atoms with Crippen LogP contribution in [0.1, 0.15) is 43.4 Å². The molecule has 0 saturated heterocycles. The van der Waals surface area contributed by atoms with E-state index in [9.17, 15) is 9.59 Å². The van der Waals surface area contributed by atoms with E-state index >= 15 is 0 Å². The zero-order valence-corrected chi connectivity index (χ0v) is 21.1. The van der Waals surface area contributed by atoms with Crippen molar-refractivity contribution in [2.45, 2.75) is 46.6 Å². The van der Waals surface area contributed by atoms with E-state index in [1.54, 1.807) is 24.3 Å². The fraction of sp³-hybridized carbons (Fsp3) is 0.241. The summed E-state index contributed by atoms with van der Waals surface area (Å²) in [5.74, 6) is 0.730. The number of aromatic nitrogens is 4. The van der Waals surface area contributed by atoms with Crippen molar-refractivity contribution in [3.63, 3.8) is 0 Å². The summed E-state index contributed by atoms with van der Waals surface area (Å²) in [6, 6.07) is 20.8. The zero-order valence-electron chi connectivity index (χ0n) is 21.1. The summed E-state index contributed by atoms with van der Waals surface area (Å²) < 4.78 is 8.25. The summed E-state index contributed by atoms with van der Waals surface area (Å²) >= 11 is 0. The zero-order chi connectivity index (χ0) is 25.6. The first kappa shape index (κ1) is 23.5. The van der Waals surface area contributed by atoms with Gasteiger partial charge >= 0.3 is 5.69 Å². The molecule has 0 radical (unpaired) electrons. The van der Waals surface area contributed by atoms with Crippen LogP contribution in [0.2, 0.25) is 0 Å². The van der Waals surface area contributed by atoms with Crippen molar-refractivity contribution < 1.29 is 4.52 Å². The van der Waals surface area contributed by atoms with E-state index in [2.05, 4.69) is 43.0 Å². The number of hydrogen-bond acceptors (Lipinski definition) is 5.